The molecule has 6 nitrogen and oxygen atoms in total. The molecule has 2 aromatic rings. The maximum Gasteiger partial charge on any atom is 0.328 e. The molecular formula is C12H17N3O3. The Morgan fingerprint density at radius 2 is 1.94 bits per heavy atom. The molecule has 2 rings (SSSR count). The van der Waals surface area contributed by atoms with Crippen molar-refractivity contribution in [3.8, 4) is 0 Å². The lowest BCUT2D eigenvalue weighted by Crippen LogP contribution is -2.22. The summed E-state index contributed by atoms with van der Waals surface area (Å²) in [5, 5.41) is 21.0. The van der Waals surface area contributed by atoms with Crippen molar-refractivity contribution in [3.63, 3.8) is 0 Å². The molecule has 0 fully saturated rings. The standard InChI is InChI=1S/C12H17N3O3/c1-14-10-4-3-8(13-6-9(17)7-16)5-11(10)15(2)12(14)18/h3-5,9,13,16-17H,6-7H2,1-2H3/t9-/m1/s1. The van der Waals surface area contributed by atoms with Crippen LogP contribution in [0.4, 0.5) is 5.69 Å². The van der Waals surface area contributed by atoms with Gasteiger partial charge in [-0.2, -0.15) is 0 Å². The van der Waals surface area contributed by atoms with Crippen molar-refractivity contribution in [2.24, 2.45) is 14.1 Å². The highest BCUT2D eigenvalue weighted by molar-refractivity contribution is 5.80. The number of rotatable bonds is 4. The molecule has 18 heavy (non-hydrogen) atoms. The topological polar surface area (TPSA) is 79.4 Å². The SMILES string of the molecule is Cn1c(=O)n(C)c2cc(NC[C@@H](O)CO)ccc21. The third-order valence-corrected chi connectivity index (χ3v) is 3.02. The molecule has 1 aromatic heterocycles. The van der Waals surface area contributed by atoms with Crippen LogP contribution in [0.25, 0.3) is 11.0 Å². The highest BCUT2D eigenvalue weighted by atomic mass is 16.3. The van der Waals surface area contributed by atoms with Crippen molar-refractivity contribution >= 4 is 16.7 Å². The molecule has 0 aliphatic heterocycles. The second-order valence-corrected chi connectivity index (χ2v) is 4.32. The Hall–Kier alpha value is -1.79. The average Bonchev–Trinajstić information content (AvgIpc) is 2.61. The summed E-state index contributed by atoms with van der Waals surface area (Å²) >= 11 is 0. The van der Waals surface area contributed by atoms with Crippen molar-refractivity contribution in [1.82, 2.24) is 9.13 Å². The molecule has 0 aliphatic carbocycles. The van der Waals surface area contributed by atoms with Crippen LogP contribution in [-0.4, -0.2) is 38.6 Å². The number of aliphatic hydroxyl groups excluding tert-OH is 2. The van der Waals surface area contributed by atoms with Gasteiger partial charge in [0.1, 0.15) is 0 Å². The Morgan fingerprint density at radius 1 is 1.28 bits per heavy atom. The van der Waals surface area contributed by atoms with Gasteiger partial charge < -0.3 is 15.5 Å². The summed E-state index contributed by atoms with van der Waals surface area (Å²) in [6.45, 7) is -0.0120. The van der Waals surface area contributed by atoms with Crippen LogP contribution in [0.15, 0.2) is 23.0 Å². The number of aryl methyl sites for hydroxylation is 2. The monoisotopic (exact) mass is 251 g/mol. The molecule has 1 atom stereocenters. The van der Waals surface area contributed by atoms with E-state index in [2.05, 4.69) is 5.32 Å². The van der Waals surface area contributed by atoms with Crippen LogP contribution < -0.4 is 11.0 Å². The lowest BCUT2D eigenvalue weighted by atomic mass is 10.2. The summed E-state index contributed by atoms with van der Waals surface area (Å²) in [6, 6.07) is 5.54. The van der Waals surface area contributed by atoms with Gasteiger partial charge in [-0.15, -0.1) is 0 Å². The fourth-order valence-electron chi connectivity index (χ4n) is 1.92. The van der Waals surface area contributed by atoms with Gasteiger partial charge in [0.2, 0.25) is 0 Å². The smallest absolute Gasteiger partial charge is 0.328 e. The van der Waals surface area contributed by atoms with E-state index in [0.29, 0.717) is 0 Å². The normalized spacial score (nSPS) is 12.9. The van der Waals surface area contributed by atoms with Gasteiger partial charge in [0.05, 0.1) is 23.7 Å². The molecule has 1 aromatic carbocycles. The summed E-state index contributed by atoms with van der Waals surface area (Å²) in [4.78, 5) is 11.7. The van der Waals surface area contributed by atoms with Crippen LogP contribution in [0.1, 0.15) is 0 Å². The minimum atomic E-state index is -0.791. The summed E-state index contributed by atoms with van der Waals surface area (Å²) in [5.41, 5.74) is 2.41. The molecule has 6 heteroatoms. The predicted molar refractivity (Wildman–Crippen MR) is 69.7 cm³/mol. The number of hydrogen-bond acceptors (Lipinski definition) is 4. The first-order chi connectivity index (χ1) is 8.54. The summed E-state index contributed by atoms with van der Waals surface area (Å²) in [7, 11) is 3.45. The predicted octanol–water partition coefficient (Wildman–Crippen LogP) is -0.358. The fraction of sp³-hybridized carbons (Fsp3) is 0.417. The van der Waals surface area contributed by atoms with Gasteiger partial charge in [0.15, 0.2) is 0 Å². The number of imidazole rings is 1. The Morgan fingerprint density at radius 3 is 2.61 bits per heavy atom. The molecule has 3 N–H and O–H groups in total. The molecule has 0 saturated carbocycles. The van der Waals surface area contributed by atoms with E-state index in [0.717, 1.165) is 16.7 Å². The molecule has 0 unspecified atom stereocenters. The lowest BCUT2D eigenvalue weighted by Gasteiger charge is -2.10. The quantitative estimate of drug-likeness (QED) is 0.693. The van der Waals surface area contributed by atoms with E-state index >= 15 is 0 Å². The molecular weight excluding hydrogens is 234 g/mol. The second-order valence-electron chi connectivity index (χ2n) is 4.32. The van der Waals surface area contributed by atoms with Gasteiger partial charge in [0.25, 0.3) is 0 Å². The maximum atomic E-state index is 11.7. The van der Waals surface area contributed by atoms with Crippen LogP contribution in [0.5, 0.6) is 0 Å². The van der Waals surface area contributed by atoms with Gasteiger partial charge in [-0.25, -0.2) is 4.79 Å². The Bertz CT molecular complexity index is 615. The Balaban J connectivity index is 2.33. The van der Waals surface area contributed by atoms with Gasteiger partial charge in [-0.05, 0) is 18.2 Å². The molecule has 0 aliphatic rings. The molecule has 0 bridgehead atoms. The molecule has 0 amide bonds. The molecule has 0 radical (unpaired) electrons. The lowest BCUT2D eigenvalue weighted by molar-refractivity contribution is 0.105. The minimum absolute atomic E-state index is 0.0717. The number of aliphatic hydroxyl groups is 2. The summed E-state index contributed by atoms with van der Waals surface area (Å²) < 4.78 is 3.16. The van der Waals surface area contributed by atoms with E-state index in [9.17, 15) is 9.90 Å². The highest BCUT2D eigenvalue weighted by Gasteiger charge is 2.08. The van der Waals surface area contributed by atoms with E-state index < -0.39 is 6.10 Å². The van der Waals surface area contributed by atoms with Crippen molar-refractivity contribution in [2.45, 2.75) is 6.10 Å². The average molecular weight is 251 g/mol. The molecule has 1 heterocycles. The zero-order chi connectivity index (χ0) is 13.3. The highest BCUT2D eigenvalue weighted by Crippen LogP contribution is 2.17. The Kier molecular flexibility index (Phi) is 3.40. The van der Waals surface area contributed by atoms with Crippen molar-refractivity contribution in [1.29, 1.82) is 0 Å². The fourth-order valence-corrected chi connectivity index (χ4v) is 1.92. The van der Waals surface area contributed by atoms with E-state index in [-0.39, 0.29) is 18.8 Å². The van der Waals surface area contributed by atoms with Crippen LogP contribution >= 0.6 is 0 Å². The van der Waals surface area contributed by atoms with E-state index in [1.165, 1.54) is 0 Å². The van der Waals surface area contributed by atoms with Crippen molar-refractivity contribution in [3.05, 3.63) is 28.7 Å². The van der Waals surface area contributed by atoms with E-state index in [4.69, 9.17) is 5.11 Å². The largest absolute Gasteiger partial charge is 0.394 e. The van der Waals surface area contributed by atoms with Crippen LogP contribution in [0, 0.1) is 0 Å². The number of fused-ring (bicyclic) bond motifs is 1. The van der Waals surface area contributed by atoms with Crippen LogP contribution in [0.3, 0.4) is 0 Å². The van der Waals surface area contributed by atoms with Crippen molar-refractivity contribution in [2.75, 3.05) is 18.5 Å². The minimum Gasteiger partial charge on any atom is -0.394 e. The Labute approximate surface area is 104 Å². The van der Waals surface area contributed by atoms with E-state index in [1.54, 1.807) is 23.2 Å². The van der Waals surface area contributed by atoms with Gasteiger partial charge in [-0.1, -0.05) is 0 Å². The summed E-state index contributed by atoms with van der Waals surface area (Å²) in [6.07, 6.45) is -0.791. The second kappa shape index (κ2) is 4.83. The maximum absolute atomic E-state index is 11.7. The van der Waals surface area contributed by atoms with Crippen LogP contribution in [-0.2, 0) is 14.1 Å². The molecule has 0 saturated heterocycles. The first-order valence-electron chi connectivity index (χ1n) is 5.73. The van der Waals surface area contributed by atoms with Gasteiger partial charge >= 0.3 is 5.69 Å². The number of nitrogens with one attached hydrogen (secondary N) is 1. The third kappa shape index (κ3) is 2.12. The van der Waals surface area contributed by atoms with Gasteiger partial charge in [0, 0.05) is 26.3 Å². The number of benzene rings is 1. The zero-order valence-corrected chi connectivity index (χ0v) is 10.4. The number of hydrogen-bond donors (Lipinski definition) is 3. The van der Waals surface area contributed by atoms with Crippen molar-refractivity contribution < 1.29 is 10.2 Å². The van der Waals surface area contributed by atoms with Gasteiger partial charge in [-0.3, -0.25) is 9.13 Å². The third-order valence-electron chi connectivity index (χ3n) is 3.02. The first-order valence-corrected chi connectivity index (χ1v) is 5.73. The summed E-state index contributed by atoms with van der Waals surface area (Å²) in [5.74, 6) is 0. The zero-order valence-electron chi connectivity index (χ0n) is 10.4. The molecule has 98 valence electrons. The first kappa shape index (κ1) is 12.7. The number of aromatic nitrogens is 2. The number of anilines is 1. The molecule has 0 spiro atoms. The van der Waals surface area contributed by atoms with E-state index in [1.807, 2.05) is 18.2 Å². The van der Waals surface area contributed by atoms with Crippen LogP contribution in [0.2, 0.25) is 0 Å². The number of nitrogens with zero attached hydrogens (tertiary/aromatic N) is 2.